The molecule has 3 heteroatoms. The van der Waals surface area contributed by atoms with Gasteiger partial charge >= 0.3 is 0 Å². The molecular formula is C30H43NO2. The van der Waals surface area contributed by atoms with Crippen molar-refractivity contribution in [3.05, 3.63) is 34.4 Å². The summed E-state index contributed by atoms with van der Waals surface area (Å²) in [5.74, 6) is 4.08. The SMILES string of the molecule is CCCC1CCCCC1CCC(=O)C(=O)N1CCc2cc(C3CC3C)c(C3CC3C)cc2C1. The zero-order valence-corrected chi connectivity index (χ0v) is 21.1. The van der Waals surface area contributed by atoms with Crippen molar-refractivity contribution < 1.29 is 9.59 Å². The second-order valence-electron chi connectivity index (χ2n) is 11.9. The molecule has 6 atom stereocenters. The van der Waals surface area contributed by atoms with E-state index in [4.69, 9.17) is 0 Å². The quantitative estimate of drug-likeness (QED) is 0.411. The highest BCUT2D eigenvalue weighted by atomic mass is 16.2. The molecule has 33 heavy (non-hydrogen) atoms. The number of Topliss-reactive ketones (excluding diaryl/α,β-unsaturated/α-hetero) is 1. The summed E-state index contributed by atoms with van der Waals surface area (Å²) < 4.78 is 0. The fourth-order valence-corrected chi connectivity index (χ4v) is 6.99. The lowest BCUT2D eigenvalue weighted by Gasteiger charge is -2.32. The van der Waals surface area contributed by atoms with Gasteiger partial charge in [-0.3, -0.25) is 9.59 Å². The topological polar surface area (TPSA) is 37.4 Å². The third kappa shape index (κ3) is 4.93. The smallest absolute Gasteiger partial charge is 0.290 e. The van der Waals surface area contributed by atoms with Crippen LogP contribution in [0, 0.1) is 23.7 Å². The zero-order chi connectivity index (χ0) is 23.1. The number of carbonyl (C=O) groups excluding carboxylic acids is 2. The molecule has 180 valence electrons. The molecule has 3 aliphatic carbocycles. The van der Waals surface area contributed by atoms with Crippen LogP contribution in [0.3, 0.4) is 0 Å². The number of benzene rings is 1. The molecule has 4 aliphatic rings. The van der Waals surface area contributed by atoms with Crippen LogP contribution in [0.15, 0.2) is 12.1 Å². The monoisotopic (exact) mass is 449 g/mol. The van der Waals surface area contributed by atoms with Crippen LogP contribution in [0.2, 0.25) is 0 Å². The van der Waals surface area contributed by atoms with Crippen molar-refractivity contribution in [3.63, 3.8) is 0 Å². The Balaban J connectivity index is 1.23. The van der Waals surface area contributed by atoms with Crippen LogP contribution in [-0.2, 0) is 22.6 Å². The Hall–Kier alpha value is -1.64. The molecule has 0 saturated heterocycles. The summed E-state index contributed by atoms with van der Waals surface area (Å²) >= 11 is 0. The number of amides is 1. The molecule has 0 aromatic heterocycles. The van der Waals surface area contributed by atoms with Crippen LogP contribution in [0.5, 0.6) is 0 Å². The van der Waals surface area contributed by atoms with Gasteiger partial charge in [0.25, 0.3) is 5.91 Å². The number of rotatable bonds is 8. The van der Waals surface area contributed by atoms with Crippen LogP contribution in [-0.4, -0.2) is 23.1 Å². The minimum Gasteiger partial charge on any atom is -0.331 e. The Morgan fingerprint density at radius 2 is 1.48 bits per heavy atom. The van der Waals surface area contributed by atoms with E-state index in [9.17, 15) is 9.59 Å². The van der Waals surface area contributed by atoms with E-state index in [0.717, 1.165) is 36.5 Å². The summed E-state index contributed by atoms with van der Waals surface area (Å²) in [7, 11) is 0. The van der Waals surface area contributed by atoms with E-state index < -0.39 is 0 Å². The molecule has 0 radical (unpaired) electrons. The fourth-order valence-electron chi connectivity index (χ4n) is 6.99. The predicted molar refractivity (Wildman–Crippen MR) is 133 cm³/mol. The molecule has 1 aliphatic heterocycles. The summed E-state index contributed by atoms with van der Waals surface area (Å²) in [4.78, 5) is 27.8. The fraction of sp³-hybridized carbons (Fsp3) is 0.733. The molecule has 6 unspecified atom stereocenters. The number of hydrogen-bond acceptors (Lipinski definition) is 2. The maximum absolute atomic E-state index is 13.1. The Labute approximate surface area is 200 Å². The van der Waals surface area contributed by atoms with E-state index in [1.807, 2.05) is 4.90 Å². The molecule has 3 saturated carbocycles. The summed E-state index contributed by atoms with van der Waals surface area (Å²) in [6.07, 6.45) is 12.6. The molecule has 3 fully saturated rings. The van der Waals surface area contributed by atoms with Gasteiger partial charge in [0.2, 0.25) is 5.78 Å². The van der Waals surface area contributed by atoms with E-state index in [0.29, 0.717) is 31.3 Å². The molecule has 3 nitrogen and oxygen atoms in total. The lowest BCUT2D eigenvalue weighted by atomic mass is 9.74. The first-order valence-corrected chi connectivity index (χ1v) is 13.9. The minimum atomic E-state index is -0.232. The first-order valence-electron chi connectivity index (χ1n) is 13.9. The van der Waals surface area contributed by atoms with E-state index >= 15 is 0 Å². The maximum Gasteiger partial charge on any atom is 0.290 e. The van der Waals surface area contributed by atoms with E-state index in [1.54, 1.807) is 11.1 Å². The number of ketones is 1. The molecule has 0 spiro atoms. The van der Waals surface area contributed by atoms with E-state index in [1.165, 1.54) is 62.5 Å². The highest BCUT2D eigenvalue weighted by Gasteiger charge is 2.42. The van der Waals surface area contributed by atoms with Crippen molar-refractivity contribution in [2.24, 2.45) is 23.7 Å². The third-order valence-corrected chi connectivity index (χ3v) is 9.43. The number of fused-ring (bicyclic) bond motifs is 1. The third-order valence-electron chi connectivity index (χ3n) is 9.43. The van der Waals surface area contributed by atoms with Gasteiger partial charge in [0.15, 0.2) is 0 Å². The zero-order valence-electron chi connectivity index (χ0n) is 21.1. The number of hydrogen-bond donors (Lipinski definition) is 0. The summed E-state index contributed by atoms with van der Waals surface area (Å²) in [6.45, 7) is 8.30. The second kappa shape index (κ2) is 9.55. The lowest BCUT2D eigenvalue weighted by molar-refractivity contribution is -0.145. The van der Waals surface area contributed by atoms with Crippen LogP contribution in [0.25, 0.3) is 0 Å². The summed E-state index contributed by atoms with van der Waals surface area (Å²) in [5.41, 5.74) is 5.86. The lowest BCUT2D eigenvalue weighted by Crippen LogP contribution is -2.40. The molecule has 0 bridgehead atoms. The Bertz CT molecular complexity index is 903. The molecule has 1 aromatic carbocycles. The van der Waals surface area contributed by atoms with Gasteiger partial charge in [0.05, 0.1) is 0 Å². The minimum absolute atomic E-state index is 0.154. The normalized spacial score (nSPS) is 32.9. The van der Waals surface area contributed by atoms with Gasteiger partial charge in [0, 0.05) is 19.5 Å². The van der Waals surface area contributed by atoms with Gasteiger partial charge < -0.3 is 4.90 Å². The summed E-state index contributed by atoms with van der Waals surface area (Å²) in [5, 5.41) is 0. The van der Waals surface area contributed by atoms with Crippen molar-refractivity contribution in [2.75, 3.05) is 6.54 Å². The highest BCUT2D eigenvalue weighted by Crippen LogP contribution is 2.55. The van der Waals surface area contributed by atoms with Crippen LogP contribution in [0.4, 0.5) is 0 Å². The predicted octanol–water partition coefficient (Wildman–Crippen LogP) is 6.77. The Morgan fingerprint density at radius 3 is 2.06 bits per heavy atom. The van der Waals surface area contributed by atoms with E-state index in [2.05, 4.69) is 32.9 Å². The van der Waals surface area contributed by atoms with Crippen molar-refractivity contribution >= 4 is 11.7 Å². The van der Waals surface area contributed by atoms with Gasteiger partial charge in [0.1, 0.15) is 0 Å². The van der Waals surface area contributed by atoms with Crippen LogP contribution in [0.1, 0.15) is 119 Å². The van der Waals surface area contributed by atoms with Crippen molar-refractivity contribution in [1.29, 1.82) is 0 Å². The van der Waals surface area contributed by atoms with Gasteiger partial charge in [-0.05, 0) is 83.4 Å². The van der Waals surface area contributed by atoms with Gasteiger partial charge in [-0.15, -0.1) is 0 Å². The molecule has 1 aromatic rings. The largest absolute Gasteiger partial charge is 0.331 e. The molecule has 5 rings (SSSR count). The number of carbonyl (C=O) groups is 2. The van der Waals surface area contributed by atoms with Gasteiger partial charge in [-0.25, -0.2) is 0 Å². The van der Waals surface area contributed by atoms with Crippen molar-refractivity contribution in [1.82, 2.24) is 4.90 Å². The molecule has 1 heterocycles. The number of nitrogens with zero attached hydrogens (tertiary/aromatic N) is 1. The van der Waals surface area contributed by atoms with Crippen molar-refractivity contribution in [3.8, 4) is 0 Å². The van der Waals surface area contributed by atoms with Gasteiger partial charge in [-0.2, -0.15) is 0 Å². The first kappa shape index (κ1) is 23.1. The standard InChI is InChI=1S/C30H43NO2/c1-4-7-21-8-5-6-9-22(21)10-11-29(32)30(33)31-13-12-23-16-27(25-14-19(25)2)28(17-24(23)18-31)26-15-20(26)3/h16-17,19-22,25-26H,4-15,18H2,1-3H3. The first-order chi connectivity index (χ1) is 16.0. The summed E-state index contributed by atoms with van der Waals surface area (Å²) in [6, 6.07) is 4.90. The maximum atomic E-state index is 13.1. The highest BCUT2D eigenvalue weighted by molar-refractivity contribution is 6.36. The van der Waals surface area contributed by atoms with Gasteiger partial charge in [-0.1, -0.05) is 71.4 Å². The Morgan fingerprint density at radius 1 is 0.909 bits per heavy atom. The Kier molecular flexibility index (Phi) is 6.69. The average molecular weight is 450 g/mol. The van der Waals surface area contributed by atoms with Crippen LogP contribution >= 0.6 is 0 Å². The van der Waals surface area contributed by atoms with Crippen LogP contribution < -0.4 is 0 Å². The second-order valence-corrected chi connectivity index (χ2v) is 11.9. The average Bonchev–Trinajstić information content (AvgIpc) is 3.74. The molecular weight excluding hydrogens is 406 g/mol. The molecule has 1 amide bonds. The van der Waals surface area contributed by atoms with E-state index in [-0.39, 0.29) is 11.7 Å². The molecule has 0 N–H and O–H groups in total. The van der Waals surface area contributed by atoms with Crippen molar-refractivity contribution in [2.45, 2.75) is 110 Å².